The smallest absolute Gasteiger partial charge is 0.213 e. The molecule has 0 amide bonds. The second-order valence-electron chi connectivity index (χ2n) is 5.43. The Balaban J connectivity index is 1.72. The van der Waals surface area contributed by atoms with Gasteiger partial charge in [-0.1, -0.05) is 43.3 Å². The zero-order valence-electron chi connectivity index (χ0n) is 13.2. The molecule has 0 saturated carbocycles. The van der Waals surface area contributed by atoms with Gasteiger partial charge in [-0.05, 0) is 41.3 Å². The molecule has 0 fully saturated rings. The van der Waals surface area contributed by atoms with Crippen LogP contribution < -0.4 is 10.5 Å². The average Bonchev–Trinajstić information content (AvgIpc) is 2.62. The zero-order valence-corrected chi connectivity index (χ0v) is 13.2. The van der Waals surface area contributed by atoms with Gasteiger partial charge in [-0.2, -0.15) is 0 Å². The number of nitrogens with zero attached hydrogens (tertiary/aromatic N) is 1. The Morgan fingerprint density at radius 1 is 0.957 bits per heavy atom. The number of nitrogen functional groups attached to an aromatic ring is 1. The van der Waals surface area contributed by atoms with Crippen LogP contribution in [0.1, 0.15) is 18.1 Å². The van der Waals surface area contributed by atoms with E-state index in [4.69, 9.17) is 10.5 Å². The monoisotopic (exact) mass is 304 g/mol. The van der Waals surface area contributed by atoms with Crippen LogP contribution in [-0.2, 0) is 13.0 Å². The van der Waals surface area contributed by atoms with E-state index < -0.39 is 0 Å². The number of nitrogens with two attached hydrogens (primary N) is 1. The molecule has 2 aromatic carbocycles. The molecule has 116 valence electrons. The molecule has 0 spiro atoms. The first kappa shape index (κ1) is 15.1. The molecule has 0 bridgehead atoms. The number of pyridine rings is 1. The molecule has 3 nitrogen and oxygen atoms in total. The topological polar surface area (TPSA) is 48.1 Å². The molecule has 3 aromatic rings. The Morgan fingerprint density at radius 2 is 1.74 bits per heavy atom. The molecule has 0 saturated heterocycles. The third kappa shape index (κ3) is 3.69. The molecule has 0 aliphatic rings. The summed E-state index contributed by atoms with van der Waals surface area (Å²) in [4.78, 5) is 4.39. The van der Waals surface area contributed by atoms with E-state index in [0.29, 0.717) is 12.5 Å². The van der Waals surface area contributed by atoms with Gasteiger partial charge in [0.05, 0.1) is 0 Å². The van der Waals surface area contributed by atoms with Gasteiger partial charge in [0.25, 0.3) is 0 Å². The number of aromatic nitrogens is 1. The van der Waals surface area contributed by atoms with Crippen LogP contribution in [0.2, 0.25) is 0 Å². The standard InChI is InChI=1S/C20H20N2O/c1-2-16-12-17(8-10-19(16)21)18-9-11-20(22-13-18)23-14-15-6-4-3-5-7-15/h3-13H,2,14,21H2,1H3. The Kier molecular flexibility index (Phi) is 4.57. The van der Waals surface area contributed by atoms with Crippen LogP contribution >= 0.6 is 0 Å². The van der Waals surface area contributed by atoms with Crippen molar-refractivity contribution in [2.75, 3.05) is 5.73 Å². The van der Waals surface area contributed by atoms with Gasteiger partial charge in [0, 0.05) is 23.5 Å². The molecule has 0 radical (unpaired) electrons. The first-order valence-electron chi connectivity index (χ1n) is 7.78. The van der Waals surface area contributed by atoms with Crippen LogP contribution in [0.25, 0.3) is 11.1 Å². The third-order valence-corrected chi connectivity index (χ3v) is 3.82. The maximum atomic E-state index is 5.96. The maximum absolute atomic E-state index is 5.96. The highest BCUT2D eigenvalue weighted by molar-refractivity contribution is 5.67. The highest BCUT2D eigenvalue weighted by atomic mass is 16.5. The Hall–Kier alpha value is -2.81. The van der Waals surface area contributed by atoms with Crippen molar-refractivity contribution < 1.29 is 4.74 Å². The summed E-state index contributed by atoms with van der Waals surface area (Å²) in [5.41, 5.74) is 11.3. The van der Waals surface area contributed by atoms with Crippen LogP contribution in [0.3, 0.4) is 0 Å². The van der Waals surface area contributed by atoms with Gasteiger partial charge in [0.2, 0.25) is 5.88 Å². The van der Waals surface area contributed by atoms with E-state index in [2.05, 4.69) is 18.0 Å². The second-order valence-corrected chi connectivity index (χ2v) is 5.43. The van der Waals surface area contributed by atoms with Crippen molar-refractivity contribution in [3.63, 3.8) is 0 Å². The molecule has 0 aliphatic carbocycles. The van der Waals surface area contributed by atoms with Crippen molar-refractivity contribution >= 4 is 5.69 Å². The number of ether oxygens (including phenoxy) is 1. The molecular weight excluding hydrogens is 284 g/mol. The fourth-order valence-corrected chi connectivity index (χ4v) is 2.46. The number of aryl methyl sites for hydroxylation is 1. The molecule has 3 heteroatoms. The Morgan fingerprint density at radius 3 is 2.43 bits per heavy atom. The molecule has 0 aliphatic heterocycles. The van der Waals surface area contributed by atoms with Crippen molar-refractivity contribution in [1.29, 1.82) is 0 Å². The summed E-state index contributed by atoms with van der Waals surface area (Å²) >= 11 is 0. The zero-order chi connectivity index (χ0) is 16.1. The van der Waals surface area contributed by atoms with Crippen molar-refractivity contribution in [2.24, 2.45) is 0 Å². The van der Waals surface area contributed by atoms with Crippen molar-refractivity contribution in [1.82, 2.24) is 4.98 Å². The molecule has 0 atom stereocenters. The highest BCUT2D eigenvalue weighted by Crippen LogP contribution is 2.25. The summed E-state index contributed by atoms with van der Waals surface area (Å²) in [7, 11) is 0. The van der Waals surface area contributed by atoms with Gasteiger partial charge in [0.1, 0.15) is 6.61 Å². The third-order valence-electron chi connectivity index (χ3n) is 3.82. The molecule has 1 aromatic heterocycles. The largest absolute Gasteiger partial charge is 0.473 e. The summed E-state index contributed by atoms with van der Waals surface area (Å²) in [6.07, 6.45) is 2.76. The van der Waals surface area contributed by atoms with E-state index >= 15 is 0 Å². The molecule has 23 heavy (non-hydrogen) atoms. The first-order chi connectivity index (χ1) is 11.3. The average molecular weight is 304 g/mol. The normalized spacial score (nSPS) is 10.5. The lowest BCUT2D eigenvalue weighted by Crippen LogP contribution is -1.97. The fraction of sp³-hybridized carbons (Fsp3) is 0.150. The summed E-state index contributed by atoms with van der Waals surface area (Å²) < 4.78 is 5.72. The van der Waals surface area contributed by atoms with Crippen LogP contribution in [0.4, 0.5) is 5.69 Å². The lowest BCUT2D eigenvalue weighted by Gasteiger charge is -2.09. The van der Waals surface area contributed by atoms with Gasteiger partial charge in [-0.15, -0.1) is 0 Å². The fourth-order valence-electron chi connectivity index (χ4n) is 2.46. The summed E-state index contributed by atoms with van der Waals surface area (Å²) in [5.74, 6) is 0.628. The number of hydrogen-bond acceptors (Lipinski definition) is 3. The van der Waals surface area contributed by atoms with E-state index in [1.54, 1.807) is 0 Å². The summed E-state index contributed by atoms with van der Waals surface area (Å²) in [5, 5.41) is 0. The van der Waals surface area contributed by atoms with Gasteiger partial charge in [-0.3, -0.25) is 0 Å². The lowest BCUT2D eigenvalue weighted by atomic mass is 10.0. The van der Waals surface area contributed by atoms with Crippen molar-refractivity contribution in [3.8, 4) is 17.0 Å². The first-order valence-corrected chi connectivity index (χ1v) is 7.78. The number of hydrogen-bond donors (Lipinski definition) is 1. The molecule has 0 unspecified atom stereocenters. The van der Waals surface area contributed by atoms with E-state index in [9.17, 15) is 0 Å². The van der Waals surface area contributed by atoms with E-state index in [1.165, 1.54) is 0 Å². The lowest BCUT2D eigenvalue weighted by molar-refractivity contribution is 0.294. The number of benzene rings is 2. The number of rotatable bonds is 5. The van der Waals surface area contributed by atoms with Gasteiger partial charge >= 0.3 is 0 Å². The summed E-state index contributed by atoms with van der Waals surface area (Å²) in [6, 6.07) is 20.1. The quantitative estimate of drug-likeness (QED) is 0.707. The van der Waals surface area contributed by atoms with Gasteiger partial charge < -0.3 is 10.5 Å². The molecule has 3 rings (SSSR count). The van der Waals surface area contributed by atoms with E-state index in [-0.39, 0.29) is 0 Å². The Bertz CT molecular complexity index is 767. The van der Waals surface area contributed by atoms with Crippen molar-refractivity contribution in [3.05, 3.63) is 78.0 Å². The Labute approximate surface area is 136 Å². The van der Waals surface area contributed by atoms with Crippen LogP contribution in [0.5, 0.6) is 5.88 Å². The highest BCUT2D eigenvalue weighted by Gasteiger charge is 2.04. The number of anilines is 1. The SMILES string of the molecule is CCc1cc(-c2ccc(OCc3ccccc3)nc2)ccc1N. The minimum absolute atomic E-state index is 0.523. The van der Waals surface area contributed by atoms with Crippen LogP contribution in [-0.4, -0.2) is 4.98 Å². The van der Waals surface area contributed by atoms with Crippen LogP contribution in [0.15, 0.2) is 66.9 Å². The van der Waals surface area contributed by atoms with E-state index in [1.807, 2.05) is 60.8 Å². The predicted octanol–water partition coefficient (Wildman–Crippen LogP) is 4.47. The minimum Gasteiger partial charge on any atom is -0.473 e. The predicted molar refractivity (Wildman–Crippen MR) is 94.2 cm³/mol. The minimum atomic E-state index is 0.523. The van der Waals surface area contributed by atoms with Gasteiger partial charge in [-0.25, -0.2) is 4.98 Å². The van der Waals surface area contributed by atoms with Gasteiger partial charge in [0.15, 0.2) is 0 Å². The van der Waals surface area contributed by atoms with Crippen LogP contribution in [0, 0.1) is 0 Å². The van der Waals surface area contributed by atoms with E-state index in [0.717, 1.165) is 34.4 Å². The van der Waals surface area contributed by atoms with Crippen molar-refractivity contribution in [2.45, 2.75) is 20.0 Å². The summed E-state index contributed by atoms with van der Waals surface area (Å²) in [6.45, 7) is 2.63. The maximum Gasteiger partial charge on any atom is 0.213 e. The molecule has 1 heterocycles. The molecular formula is C20H20N2O. The second kappa shape index (κ2) is 6.97. The molecule has 2 N–H and O–H groups in total.